The van der Waals surface area contributed by atoms with Crippen molar-refractivity contribution < 1.29 is 14.7 Å². The van der Waals surface area contributed by atoms with Crippen molar-refractivity contribution in [2.75, 3.05) is 18.4 Å². The molecule has 18 heavy (non-hydrogen) atoms. The number of carbonyl (C=O) groups excluding carboxylic acids is 1. The maximum atomic E-state index is 11.8. The standard InChI is InChI=1S/C11H14N4O3/c1-4-5-15(7-10(16)17)11(18)12-9-6-8(2)14(3)13-9/h1,6H,5,7H2,2-3H3,(H,16,17)(H,12,13,18). The molecule has 96 valence electrons. The van der Waals surface area contributed by atoms with Crippen molar-refractivity contribution in [3.8, 4) is 12.3 Å². The molecule has 2 N–H and O–H groups in total. The summed E-state index contributed by atoms with van der Waals surface area (Å²) in [6, 6.07) is 1.08. The van der Waals surface area contributed by atoms with Gasteiger partial charge in [-0.25, -0.2) is 4.79 Å². The number of amides is 2. The molecule has 0 saturated carbocycles. The van der Waals surface area contributed by atoms with E-state index in [-0.39, 0.29) is 6.54 Å². The van der Waals surface area contributed by atoms with Crippen LogP contribution in [0.15, 0.2) is 6.07 Å². The van der Waals surface area contributed by atoms with E-state index in [0.29, 0.717) is 5.82 Å². The minimum Gasteiger partial charge on any atom is -0.480 e. The van der Waals surface area contributed by atoms with Gasteiger partial charge >= 0.3 is 12.0 Å². The second kappa shape index (κ2) is 5.72. The van der Waals surface area contributed by atoms with E-state index in [4.69, 9.17) is 11.5 Å². The van der Waals surface area contributed by atoms with E-state index in [9.17, 15) is 9.59 Å². The van der Waals surface area contributed by atoms with Gasteiger partial charge < -0.3 is 10.0 Å². The van der Waals surface area contributed by atoms with Crippen LogP contribution in [0.2, 0.25) is 0 Å². The Kier molecular flexibility index (Phi) is 4.32. The number of carbonyl (C=O) groups is 2. The van der Waals surface area contributed by atoms with Crippen molar-refractivity contribution in [3.05, 3.63) is 11.8 Å². The Hall–Kier alpha value is -2.49. The van der Waals surface area contributed by atoms with E-state index >= 15 is 0 Å². The number of aromatic nitrogens is 2. The molecule has 0 aliphatic heterocycles. The van der Waals surface area contributed by atoms with E-state index in [1.54, 1.807) is 17.8 Å². The first-order valence-electron chi connectivity index (χ1n) is 5.16. The highest BCUT2D eigenvalue weighted by Crippen LogP contribution is 2.07. The first-order chi connectivity index (χ1) is 8.43. The summed E-state index contributed by atoms with van der Waals surface area (Å²) in [5.74, 6) is 1.46. The summed E-state index contributed by atoms with van der Waals surface area (Å²) >= 11 is 0. The first kappa shape index (κ1) is 13.6. The summed E-state index contributed by atoms with van der Waals surface area (Å²) in [6.45, 7) is 1.30. The molecule has 0 spiro atoms. The van der Waals surface area contributed by atoms with Crippen LogP contribution in [0.25, 0.3) is 0 Å². The van der Waals surface area contributed by atoms with Crippen molar-refractivity contribution >= 4 is 17.8 Å². The molecular weight excluding hydrogens is 236 g/mol. The van der Waals surface area contributed by atoms with Crippen LogP contribution in [0.3, 0.4) is 0 Å². The molecule has 0 unspecified atom stereocenters. The Morgan fingerprint density at radius 3 is 2.78 bits per heavy atom. The Balaban J connectivity index is 2.72. The fraction of sp³-hybridized carbons (Fsp3) is 0.364. The molecule has 0 radical (unpaired) electrons. The number of terminal acetylenes is 1. The van der Waals surface area contributed by atoms with Crippen molar-refractivity contribution in [1.82, 2.24) is 14.7 Å². The van der Waals surface area contributed by atoms with Crippen LogP contribution < -0.4 is 5.32 Å². The zero-order chi connectivity index (χ0) is 13.7. The molecule has 0 bridgehead atoms. The number of carboxylic acid groups (broad SMARTS) is 1. The quantitative estimate of drug-likeness (QED) is 0.751. The highest BCUT2D eigenvalue weighted by Gasteiger charge is 2.16. The smallest absolute Gasteiger partial charge is 0.324 e. The number of aliphatic carboxylic acids is 1. The van der Waals surface area contributed by atoms with Crippen LogP contribution in [-0.2, 0) is 11.8 Å². The Labute approximate surface area is 104 Å². The van der Waals surface area contributed by atoms with E-state index in [1.165, 1.54) is 0 Å². The van der Waals surface area contributed by atoms with Gasteiger partial charge in [0.2, 0.25) is 0 Å². The summed E-state index contributed by atoms with van der Waals surface area (Å²) in [5.41, 5.74) is 0.868. The highest BCUT2D eigenvalue weighted by atomic mass is 16.4. The van der Waals surface area contributed by atoms with Gasteiger partial charge in [0, 0.05) is 18.8 Å². The minimum absolute atomic E-state index is 0.0794. The molecule has 7 heteroatoms. The normalized spacial score (nSPS) is 9.61. The molecule has 1 aromatic rings. The molecule has 7 nitrogen and oxygen atoms in total. The SMILES string of the molecule is C#CCN(CC(=O)O)C(=O)Nc1cc(C)n(C)n1. The second-order valence-electron chi connectivity index (χ2n) is 3.68. The Bertz CT molecular complexity index is 481. The van der Waals surface area contributed by atoms with Crippen LogP contribution in [-0.4, -0.2) is 44.9 Å². The summed E-state index contributed by atoms with van der Waals surface area (Å²) in [5, 5.41) is 15.2. The van der Waals surface area contributed by atoms with Gasteiger partial charge in [0.25, 0.3) is 0 Å². The molecule has 1 rings (SSSR count). The lowest BCUT2D eigenvalue weighted by molar-refractivity contribution is -0.137. The van der Waals surface area contributed by atoms with Crippen LogP contribution >= 0.6 is 0 Å². The number of rotatable bonds is 4. The lowest BCUT2D eigenvalue weighted by Crippen LogP contribution is -2.39. The maximum absolute atomic E-state index is 11.8. The van der Waals surface area contributed by atoms with Crippen LogP contribution in [0.1, 0.15) is 5.69 Å². The Morgan fingerprint density at radius 2 is 2.33 bits per heavy atom. The zero-order valence-corrected chi connectivity index (χ0v) is 10.2. The maximum Gasteiger partial charge on any atom is 0.324 e. The zero-order valence-electron chi connectivity index (χ0n) is 10.2. The summed E-state index contributed by atoms with van der Waals surface area (Å²) in [6.07, 6.45) is 5.08. The third kappa shape index (κ3) is 3.52. The Morgan fingerprint density at radius 1 is 1.67 bits per heavy atom. The van der Waals surface area contributed by atoms with E-state index < -0.39 is 18.5 Å². The molecule has 1 aromatic heterocycles. The van der Waals surface area contributed by atoms with Crippen molar-refractivity contribution in [3.63, 3.8) is 0 Å². The van der Waals surface area contributed by atoms with Gasteiger partial charge in [-0.05, 0) is 6.92 Å². The van der Waals surface area contributed by atoms with Crippen molar-refractivity contribution in [2.24, 2.45) is 7.05 Å². The molecule has 1 heterocycles. The number of aryl methyl sites for hydroxylation is 2. The molecule has 0 aromatic carbocycles. The molecule has 0 saturated heterocycles. The number of hydrogen-bond acceptors (Lipinski definition) is 3. The van der Waals surface area contributed by atoms with E-state index in [0.717, 1.165) is 10.6 Å². The van der Waals surface area contributed by atoms with Crippen LogP contribution in [0, 0.1) is 19.3 Å². The lowest BCUT2D eigenvalue weighted by Gasteiger charge is -2.17. The summed E-state index contributed by atoms with van der Waals surface area (Å²) in [7, 11) is 1.74. The summed E-state index contributed by atoms with van der Waals surface area (Å²) < 4.78 is 1.60. The van der Waals surface area contributed by atoms with Crippen LogP contribution in [0.4, 0.5) is 10.6 Å². The number of urea groups is 1. The van der Waals surface area contributed by atoms with E-state index in [2.05, 4.69) is 16.3 Å². The number of nitrogens with zero attached hydrogens (tertiary/aromatic N) is 3. The number of hydrogen-bond donors (Lipinski definition) is 2. The molecule has 0 aliphatic carbocycles. The lowest BCUT2D eigenvalue weighted by atomic mass is 10.4. The first-order valence-corrected chi connectivity index (χ1v) is 5.16. The van der Waals surface area contributed by atoms with Gasteiger partial charge in [-0.15, -0.1) is 6.42 Å². The number of carboxylic acids is 1. The fourth-order valence-corrected chi connectivity index (χ4v) is 1.28. The van der Waals surface area contributed by atoms with Gasteiger partial charge in [-0.2, -0.15) is 5.10 Å². The molecular formula is C11H14N4O3. The van der Waals surface area contributed by atoms with Gasteiger partial charge in [-0.1, -0.05) is 5.92 Å². The van der Waals surface area contributed by atoms with Crippen molar-refractivity contribution in [2.45, 2.75) is 6.92 Å². The average Bonchev–Trinajstić information content (AvgIpc) is 2.56. The number of anilines is 1. The molecule has 0 aliphatic rings. The predicted octanol–water partition coefficient (Wildman–Crippen LogP) is 0.280. The second-order valence-corrected chi connectivity index (χ2v) is 3.68. The third-order valence-corrected chi connectivity index (χ3v) is 2.24. The van der Waals surface area contributed by atoms with Crippen LogP contribution in [0.5, 0.6) is 0 Å². The van der Waals surface area contributed by atoms with Gasteiger partial charge in [0.15, 0.2) is 5.82 Å². The van der Waals surface area contributed by atoms with Gasteiger partial charge in [-0.3, -0.25) is 14.8 Å². The largest absolute Gasteiger partial charge is 0.480 e. The predicted molar refractivity (Wildman–Crippen MR) is 65.0 cm³/mol. The third-order valence-electron chi connectivity index (χ3n) is 2.24. The highest BCUT2D eigenvalue weighted by molar-refractivity contribution is 5.90. The molecule has 0 atom stereocenters. The molecule has 2 amide bonds. The fourth-order valence-electron chi connectivity index (χ4n) is 1.28. The van der Waals surface area contributed by atoms with Crippen molar-refractivity contribution in [1.29, 1.82) is 0 Å². The van der Waals surface area contributed by atoms with Gasteiger partial charge in [0.05, 0.1) is 6.54 Å². The summed E-state index contributed by atoms with van der Waals surface area (Å²) in [4.78, 5) is 23.4. The topological polar surface area (TPSA) is 87.5 Å². The van der Waals surface area contributed by atoms with Gasteiger partial charge in [0.1, 0.15) is 6.54 Å². The monoisotopic (exact) mass is 250 g/mol. The average molecular weight is 250 g/mol. The van der Waals surface area contributed by atoms with E-state index in [1.807, 2.05) is 6.92 Å². The molecule has 0 fully saturated rings. The minimum atomic E-state index is -1.13. The number of nitrogens with one attached hydrogen (secondary N) is 1.